The van der Waals surface area contributed by atoms with Crippen LogP contribution in [0, 0.1) is 0 Å². The van der Waals surface area contributed by atoms with Gasteiger partial charge in [-0.05, 0) is 83.4 Å². The smallest absolute Gasteiger partial charge is 0.238 e. The molecule has 2 heterocycles. The number of benzene rings is 10. The van der Waals surface area contributed by atoms with Crippen molar-refractivity contribution in [2.24, 2.45) is 0 Å². The van der Waals surface area contributed by atoms with E-state index in [9.17, 15) is 0 Å². The summed E-state index contributed by atoms with van der Waals surface area (Å²) < 4.78 is 2.11. The second kappa shape index (κ2) is 15.2. The average molecular weight is 803 g/mol. The highest BCUT2D eigenvalue weighted by Gasteiger charge is 2.18. The molecule has 0 atom stereocenters. The Bertz CT molecular complexity index is 3490. The second-order valence-corrected chi connectivity index (χ2v) is 16.0. The van der Waals surface area contributed by atoms with E-state index in [0.717, 1.165) is 44.3 Å². The number of aromatic nitrogens is 4. The van der Waals surface area contributed by atoms with Gasteiger partial charge in [0.05, 0.1) is 5.52 Å². The van der Waals surface area contributed by atoms with Crippen molar-refractivity contribution in [2.75, 3.05) is 0 Å². The van der Waals surface area contributed by atoms with Crippen LogP contribution in [0.25, 0.3) is 116 Å². The van der Waals surface area contributed by atoms with E-state index in [2.05, 4.69) is 223 Å². The summed E-state index contributed by atoms with van der Waals surface area (Å²) in [7, 11) is 0. The molecule has 0 amide bonds. The molecule has 2 aromatic heterocycles. The first-order valence-corrected chi connectivity index (χ1v) is 21.3. The molecule has 0 spiro atoms. The monoisotopic (exact) mass is 802 g/mol. The van der Waals surface area contributed by atoms with E-state index in [1.807, 2.05) is 12.1 Å². The molecule has 0 radical (unpaired) electrons. The van der Waals surface area contributed by atoms with Crippen molar-refractivity contribution in [1.82, 2.24) is 19.5 Å². The summed E-state index contributed by atoms with van der Waals surface area (Å²) in [5.74, 6) is 1.78. The largest absolute Gasteiger partial charge is 0.285 e. The molecule has 0 fully saturated rings. The van der Waals surface area contributed by atoms with Gasteiger partial charge in [0, 0.05) is 28.3 Å². The van der Waals surface area contributed by atoms with Crippen LogP contribution < -0.4 is 0 Å². The summed E-state index contributed by atoms with van der Waals surface area (Å²) in [6.07, 6.45) is 2.17. The molecule has 4 nitrogen and oxygen atoms in total. The zero-order chi connectivity index (χ0) is 41.7. The van der Waals surface area contributed by atoms with Crippen LogP contribution in [0.4, 0.5) is 0 Å². The van der Waals surface area contributed by atoms with Gasteiger partial charge in [0.2, 0.25) is 5.95 Å². The van der Waals surface area contributed by atoms with Gasteiger partial charge < -0.3 is 0 Å². The minimum Gasteiger partial charge on any atom is -0.285 e. The molecule has 12 rings (SSSR count). The number of nitrogens with zero attached hydrogens (tertiary/aromatic N) is 4. The van der Waals surface area contributed by atoms with Gasteiger partial charge in [0.25, 0.3) is 0 Å². The maximum atomic E-state index is 5.18. The zero-order valence-corrected chi connectivity index (χ0v) is 34.2. The van der Waals surface area contributed by atoms with Gasteiger partial charge in [-0.3, -0.25) is 4.57 Å². The van der Waals surface area contributed by atoms with Gasteiger partial charge in [-0.15, -0.1) is 0 Å². The lowest BCUT2D eigenvalue weighted by molar-refractivity contribution is 0.934. The topological polar surface area (TPSA) is 43.6 Å². The Morgan fingerprint density at radius 2 is 0.619 bits per heavy atom. The Labute approximate surface area is 365 Å². The van der Waals surface area contributed by atoms with E-state index in [1.54, 1.807) is 0 Å². The third-order valence-corrected chi connectivity index (χ3v) is 12.3. The highest BCUT2D eigenvalue weighted by Crippen LogP contribution is 2.39. The summed E-state index contributed by atoms with van der Waals surface area (Å²) in [6, 6.07) is 79.6. The van der Waals surface area contributed by atoms with E-state index in [0.29, 0.717) is 17.6 Å². The van der Waals surface area contributed by atoms with Crippen LogP contribution in [0.5, 0.6) is 0 Å². The van der Waals surface area contributed by atoms with Gasteiger partial charge in [-0.25, -0.2) is 4.98 Å². The molecule has 0 aliphatic rings. The first-order chi connectivity index (χ1) is 31.2. The Hall–Kier alpha value is -8.47. The first kappa shape index (κ1) is 36.4. The molecule has 0 saturated carbocycles. The number of fused-ring (bicyclic) bond motifs is 7. The minimum atomic E-state index is 0.559. The van der Waals surface area contributed by atoms with E-state index >= 15 is 0 Å². The molecule has 0 aliphatic carbocycles. The fourth-order valence-corrected chi connectivity index (χ4v) is 9.12. The molecular weight excluding hydrogens is 765 g/mol. The maximum absolute atomic E-state index is 5.18. The van der Waals surface area contributed by atoms with Crippen molar-refractivity contribution >= 4 is 43.2 Å². The summed E-state index contributed by atoms with van der Waals surface area (Å²) >= 11 is 0. The Morgan fingerprint density at radius 3 is 1.14 bits per heavy atom. The van der Waals surface area contributed by atoms with E-state index in [4.69, 9.17) is 15.0 Å². The lowest BCUT2D eigenvalue weighted by Crippen LogP contribution is -2.05. The van der Waals surface area contributed by atoms with Gasteiger partial charge in [-0.2, -0.15) is 9.97 Å². The molecule has 294 valence electrons. The van der Waals surface area contributed by atoms with Crippen molar-refractivity contribution in [2.45, 2.75) is 0 Å². The zero-order valence-electron chi connectivity index (χ0n) is 34.2. The Kier molecular flexibility index (Phi) is 8.79. The van der Waals surface area contributed by atoms with Crippen LogP contribution in [0.15, 0.2) is 231 Å². The molecule has 10 aromatic carbocycles. The highest BCUT2D eigenvalue weighted by molar-refractivity contribution is 6.25. The van der Waals surface area contributed by atoms with Crippen LogP contribution in [0.2, 0.25) is 0 Å². The standard InChI is InChI=1S/C59H38N4/c1-3-13-39(14-4-1)41-25-31-45(32-26-41)57-60-58(46-33-27-42(28-34-46)40-15-5-2-6-16-40)62-59(61-57)63-38-55(53-21-11-12-22-56(53)63)44-29-23-43(24-30-44)47-35-36-52-50-19-8-7-17-48(50)49-18-9-10-20-51(49)54(52)37-47/h1-38H. The minimum absolute atomic E-state index is 0.559. The molecule has 0 saturated heterocycles. The van der Waals surface area contributed by atoms with Crippen molar-refractivity contribution in [3.63, 3.8) is 0 Å². The normalized spacial score (nSPS) is 11.5. The summed E-state index contributed by atoms with van der Waals surface area (Å²) in [6.45, 7) is 0. The van der Waals surface area contributed by atoms with Gasteiger partial charge in [-0.1, -0.05) is 212 Å². The molecule has 0 unspecified atom stereocenters. The van der Waals surface area contributed by atoms with Gasteiger partial charge >= 0.3 is 0 Å². The quantitative estimate of drug-likeness (QED) is 0.151. The Morgan fingerprint density at radius 1 is 0.254 bits per heavy atom. The predicted molar refractivity (Wildman–Crippen MR) is 262 cm³/mol. The van der Waals surface area contributed by atoms with Crippen molar-refractivity contribution in [1.29, 1.82) is 0 Å². The molecule has 63 heavy (non-hydrogen) atoms. The van der Waals surface area contributed by atoms with Gasteiger partial charge in [0.1, 0.15) is 0 Å². The van der Waals surface area contributed by atoms with Crippen LogP contribution in [-0.4, -0.2) is 19.5 Å². The van der Waals surface area contributed by atoms with Crippen molar-refractivity contribution in [3.8, 4) is 73.2 Å². The third kappa shape index (κ3) is 6.53. The molecule has 0 N–H and O–H groups in total. The van der Waals surface area contributed by atoms with Crippen molar-refractivity contribution < 1.29 is 0 Å². The van der Waals surface area contributed by atoms with Crippen molar-refractivity contribution in [3.05, 3.63) is 231 Å². The van der Waals surface area contributed by atoms with Gasteiger partial charge in [0.15, 0.2) is 11.6 Å². The second-order valence-electron chi connectivity index (χ2n) is 16.0. The average Bonchev–Trinajstić information content (AvgIpc) is 3.77. The van der Waals surface area contributed by atoms with Crippen LogP contribution in [0.3, 0.4) is 0 Å². The summed E-state index contributed by atoms with van der Waals surface area (Å²) in [4.78, 5) is 15.5. The fourth-order valence-electron chi connectivity index (χ4n) is 9.12. The Balaban J connectivity index is 0.950. The molecule has 4 heteroatoms. The molecule has 12 aromatic rings. The first-order valence-electron chi connectivity index (χ1n) is 21.3. The number of hydrogen-bond donors (Lipinski definition) is 0. The van der Waals surface area contributed by atoms with E-state index < -0.39 is 0 Å². The highest BCUT2D eigenvalue weighted by atomic mass is 15.2. The lowest BCUT2D eigenvalue weighted by atomic mass is 9.92. The predicted octanol–water partition coefficient (Wildman–Crippen LogP) is 15.3. The number of rotatable bonds is 7. The summed E-state index contributed by atoms with van der Waals surface area (Å²) in [5, 5.41) is 8.79. The van der Waals surface area contributed by atoms with E-state index in [1.165, 1.54) is 54.6 Å². The maximum Gasteiger partial charge on any atom is 0.238 e. The molecular formula is C59H38N4. The third-order valence-electron chi connectivity index (χ3n) is 12.3. The van der Waals surface area contributed by atoms with Crippen LogP contribution in [-0.2, 0) is 0 Å². The van der Waals surface area contributed by atoms with Crippen LogP contribution >= 0.6 is 0 Å². The SMILES string of the molecule is c1ccc(-c2ccc(-c3nc(-c4ccc(-c5ccccc5)cc4)nc(-n4cc(-c5ccc(-c6ccc7c8ccccc8c8ccccc8c7c6)cc5)c5ccccc54)n3)cc2)cc1. The number of para-hydroxylation sites is 1. The van der Waals surface area contributed by atoms with Crippen LogP contribution in [0.1, 0.15) is 0 Å². The summed E-state index contributed by atoms with van der Waals surface area (Å²) in [5.41, 5.74) is 12.1. The molecule has 0 aliphatic heterocycles. The molecule has 0 bridgehead atoms. The van der Waals surface area contributed by atoms with E-state index in [-0.39, 0.29) is 0 Å². The lowest BCUT2D eigenvalue weighted by Gasteiger charge is -2.12. The fraction of sp³-hybridized carbons (Fsp3) is 0. The number of hydrogen-bond acceptors (Lipinski definition) is 3.